The fourth-order valence-corrected chi connectivity index (χ4v) is 2.99. The van der Waals surface area contributed by atoms with Gasteiger partial charge in [-0.2, -0.15) is 5.10 Å². The van der Waals surface area contributed by atoms with Gasteiger partial charge in [-0.3, -0.25) is 14.8 Å². The number of carbonyl (C=O) groups excluding carboxylic acids is 1. The molecule has 0 spiro atoms. The van der Waals surface area contributed by atoms with Crippen molar-refractivity contribution in [3.05, 3.63) is 11.8 Å². The van der Waals surface area contributed by atoms with Crippen LogP contribution >= 0.6 is 0 Å². The number of aryl methyl sites for hydroxylation is 1. The molecule has 1 aromatic rings. The molecule has 1 atom stereocenters. The topological polar surface area (TPSA) is 96.3 Å². The Morgan fingerprint density at radius 2 is 2.04 bits per heavy atom. The summed E-state index contributed by atoms with van der Waals surface area (Å²) in [6, 6.07) is 1.90. The highest BCUT2D eigenvalue weighted by Gasteiger charge is 2.26. The van der Waals surface area contributed by atoms with E-state index in [1.807, 2.05) is 17.7 Å². The van der Waals surface area contributed by atoms with E-state index in [-0.39, 0.29) is 18.0 Å². The van der Waals surface area contributed by atoms with E-state index >= 15 is 0 Å². The second-order valence-electron chi connectivity index (χ2n) is 6.36. The third-order valence-electron chi connectivity index (χ3n) is 4.58. The third kappa shape index (κ3) is 4.46. The van der Waals surface area contributed by atoms with Crippen molar-refractivity contribution in [2.24, 2.45) is 5.92 Å². The van der Waals surface area contributed by atoms with Crippen molar-refractivity contribution in [1.29, 1.82) is 0 Å². The Balaban J connectivity index is 1.85. The van der Waals surface area contributed by atoms with E-state index in [9.17, 15) is 9.59 Å². The number of rotatable bonds is 5. The lowest BCUT2D eigenvalue weighted by Gasteiger charge is -2.26. The molecule has 0 saturated heterocycles. The summed E-state index contributed by atoms with van der Waals surface area (Å²) in [5.41, 5.74) is 1.01. The number of hydrogen-bond acceptors (Lipinski definition) is 3. The SMILES string of the molecule is CCC(C)n1nc(NC(=O)NC2CCC(C(=O)O)CC2)cc1C. The summed E-state index contributed by atoms with van der Waals surface area (Å²) in [6.07, 6.45) is 3.60. The van der Waals surface area contributed by atoms with Crippen LogP contribution in [0.15, 0.2) is 6.07 Å². The number of nitrogens with zero attached hydrogens (tertiary/aromatic N) is 2. The molecule has 1 fully saturated rings. The van der Waals surface area contributed by atoms with Gasteiger partial charge in [-0.15, -0.1) is 0 Å². The van der Waals surface area contributed by atoms with Gasteiger partial charge in [0.05, 0.1) is 5.92 Å². The minimum atomic E-state index is -0.737. The first-order valence-electron chi connectivity index (χ1n) is 8.27. The van der Waals surface area contributed by atoms with Crippen LogP contribution in [0.3, 0.4) is 0 Å². The first-order chi connectivity index (χ1) is 10.9. The molecule has 7 nitrogen and oxygen atoms in total. The zero-order valence-electron chi connectivity index (χ0n) is 14.0. The van der Waals surface area contributed by atoms with Gasteiger partial charge in [0.25, 0.3) is 0 Å². The lowest BCUT2D eigenvalue weighted by atomic mass is 9.86. The van der Waals surface area contributed by atoms with Gasteiger partial charge < -0.3 is 10.4 Å². The lowest BCUT2D eigenvalue weighted by Crippen LogP contribution is -2.41. The molecule has 0 radical (unpaired) electrons. The van der Waals surface area contributed by atoms with Crippen molar-refractivity contribution in [2.75, 3.05) is 5.32 Å². The van der Waals surface area contributed by atoms with Gasteiger partial charge in [0.15, 0.2) is 5.82 Å². The number of urea groups is 1. The van der Waals surface area contributed by atoms with Crippen molar-refractivity contribution in [3.63, 3.8) is 0 Å². The Morgan fingerprint density at radius 3 is 2.61 bits per heavy atom. The maximum atomic E-state index is 12.1. The molecular weight excluding hydrogens is 296 g/mol. The van der Waals surface area contributed by atoms with Crippen molar-refractivity contribution in [1.82, 2.24) is 15.1 Å². The third-order valence-corrected chi connectivity index (χ3v) is 4.58. The van der Waals surface area contributed by atoms with Gasteiger partial charge >= 0.3 is 12.0 Å². The number of amides is 2. The molecule has 1 aliphatic carbocycles. The van der Waals surface area contributed by atoms with Crippen LogP contribution in [0.25, 0.3) is 0 Å². The summed E-state index contributed by atoms with van der Waals surface area (Å²) >= 11 is 0. The van der Waals surface area contributed by atoms with E-state index in [0.29, 0.717) is 37.5 Å². The number of hydrogen-bond donors (Lipinski definition) is 3. The molecule has 7 heteroatoms. The number of nitrogens with one attached hydrogen (secondary N) is 2. The van der Waals surface area contributed by atoms with E-state index in [2.05, 4.69) is 29.6 Å². The molecule has 0 aliphatic heterocycles. The maximum absolute atomic E-state index is 12.1. The molecular formula is C16H26N4O3. The van der Waals surface area contributed by atoms with Gasteiger partial charge in [0.2, 0.25) is 0 Å². The van der Waals surface area contributed by atoms with Crippen LogP contribution in [-0.2, 0) is 4.79 Å². The van der Waals surface area contributed by atoms with Gasteiger partial charge in [-0.05, 0) is 46.0 Å². The van der Waals surface area contributed by atoms with Crippen LogP contribution in [0.5, 0.6) is 0 Å². The quantitative estimate of drug-likeness (QED) is 0.776. The summed E-state index contributed by atoms with van der Waals surface area (Å²) in [4.78, 5) is 23.0. The van der Waals surface area contributed by atoms with Crippen LogP contribution in [0.4, 0.5) is 10.6 Å². The number of aliphatic carboxylic acids is 1. The molecule has 1 unspecified atom stereocenters. The predicted molar refractivity (Wildman–Crippen MR) is 87.5 cm³/mol. The zero-order valence-corrected chi connectivity index (χ0v) is 14.0. The van der Waals surface area contributed by atoms with Crippen molar-refractivity contribution in [3.8, 4) is 0 Å². The normalized spacial score (nSPS) is 22.4. The van der Waals surface area contributed by atoms with E-state index in [1.54, 1.807) is 0 Å². The van der Waals surface area contributed by atoms with Crippen molar-refractivity contribution < 1.29 is 14.7 Å². The molecule has 1 heterocycles. The van der Waals surface area contributed by atoms with E-state index < -0.39 is 5.97 Å². The monoisotopic (exact) mass is 322 g/mol. The van der Waals surface area contributed by atoms with Gasteiger partial charge in [-0.25, -0.2) is 4.79 Å². The molecule has 0 aromatic carbocycles. The minimum Gasteiger partial charge on any atom is -0.481 e. The highest BCUT2D eigenvalue weighted by atomic mass is 16.4. The number of anilines is 1. The average Bonchev–Trinajstić information content (AvgIpc) is 2.87. The summed E-state index contributed by atoms with van der Waals surface area (Å²) in [5, 5.41) is 19.1. The first kappa shape index (κ1) is 17.3. The van der Waals surface area contributed by atoms with Crippen molar-refractivity contribution >= 4 is 17.8 Å². The molecule has 2 rings (SSSR count). The second-order valence-corrected chi connectivity index (χ2v) is 6.36. The fraction of sp³-hybridized carbons (Fsp3) is 0.688. The van der Waals surface area contributed by atoms with Crippen LogP contribution in [-0.4, -0.2) is 32.9 Å². The fourth-order valence-electron chi connectivity index (χ4n) is 2.99. The Morgan fingerprint density at radius 1 is 1.39 bits per heavy atom. The first-order valence-corrected chi connectivity index (χ1v) is 8.27. The molecule has 128 valence electrons. The van der Waals surface area contributed by atoms with Crippen LogP contribution in [0, 0.1) is 12.8 Å². The minimum absolute atomic E-state index is 0.0309. The van der Waals surface area contributed by atoms with E-state index in [0.717, 1.165) is 12.1 Å². The Bertz CT molecular complexity index is 562. The highest BCUT2D eigenvalue weighted by Crippen LogP contribution is 2.24. The van der Waals surface area contributed by atoms with Gasteiger partial charge in [-0.1, -0.05) is 6.92 Å². The van der Waals surface area contributed by atoms with Gasteiger partial charge in [0.1, 0.15) is 0 Å². The molecule has 3 N–H and O–H groups in total. The molecule has 1 saturated carbocycles. The van der Waals surface area contributed by atoms with Crippen molar-refractivity contribution in [2.45, 2.75) is 65.0 Å². The lowest BCUT2D eigenvalue weighted by molar-refractivity contribution is -0.142. The number of aromatic nitrogens is 2. The summed E-state index contributed by atoms with van der Waals surface area (Å²) in [7, 11) is 0. The molecule has 23 heavy (non-hydrogen) atoms. The van der Waals surface area contributed by atoms with Gasteiger partial charge in [0, 0.05) is 23.8 Å². The molecule has 1 aromatic heterocycles. The average molecular weight is 322 g/mol. The number of carboxylic acids is 1. The van der Waals surface area contributed by atoms with E-state index in [4.69, 9.17) is 5.11 Å². The smallest absolute Gasteiger partial charge is 0.320 e. The van der Waals surface area contributed by atoms with Crippen LogP contribution in [0.2, 0.25) is 0 Å². The summed E-state index contributed by atoms with van der Waals surface area (Å²) in [6.45, 7) is 6.15. The molecule has 2 amide bonds. The van der Waals surface area contributed by atoms with E-state index in [1.165, 1.54) is 0 Å². The second kappa shape index (κ2) is 7.48. The van der Waals surface area contributed by atoms with Crippen LogP contribution in [0.1, 0.15) is 57.7 Å². The highest BCUT2D eigenvalue weighted by molar-refractivity contribution is 5.88. The summed E-state index contributed by atoms with van der Waals surface area (Å²) < 4.78 is 1.91. The standard InChI is InChI=1S/C16H26N4O3/c1-4-10(2)20-11(3)9-14(19-20)18-16(23)17-13-7-5-12(6-8-13)15(21)22/h9-10,12-13H,4-8H2,1-3H3,(H,21,22)(H2,17,18,19,23). The zero-order chi connectivity index (χ0) is 17.0. The Hall–Kier alpha value is -2.05. The Labute approximate surface area is 136 Å². The predicted octanol–water partition coefficient (Wildman–Crippen LogP) is 2.93. The number of carboxylic acid groups (broad SMARTS) is 1. The Kier molecular flexibility index (Phi) is 5.63. The molecule has 0 bridgehead atoms. The largest absolute Gasteiger partial charge is 0.481 e. The molecule has 1 aliphatic rings. The number of carbonyl (C=O) groups is 2. The maximum Gasteiger partial charge on any atom is 0.320 e. The summed E-state index contributed by atoms with van der Waals surface area (Å²) in [5.74, 6) is -0.469. The van der Waals surface area contributed by atoms with Crippen LogP contribution < -0.4 is 10.6 Å².